The van der Waals surface area contributed by atoms with Crippen molar-refractivity contribution in [3.8, 4) is 5.75 Å². The molecule has 1 aromatic heterocycles. The lowest BCUT2D eigenvalue weighted by Gasteiger charge is -2.13. The van der Waals surface area contributed by atoms with E-state index in [0.29, 0.717) is 5.76 Å². The SMILES string of the molecule is C[C@H](OC(=O)COc1ccccc1[N+](=O)[O-])C(=O)NCc1ccco1. The molecule has 0 saturated carbocycles. The van der Waals surface area contributed by atoms with Crippen molar-refractivity contribution in [2.45, 2.75) is 19.6 Å². The highest BCUT2D eigenvalue weighted by molar-refractivity contribution is 5.83. The standard InChI is InChI=1S/C16H16N2O7/c1-11(16(20)17-9-12-5-4-8-23-12)25-15(19)10-24-14-7-3-2-6-13(14)18(21)22/h2-8,11H,9-10H2,1H3,(H,17,20)/t11-/m0/s1. The number of esters is 1. The monoisotopic (exact) mass is 348 g/mol. The van der Waals surface area contributed by atoms with Crippen LogP contribution in [-0.4, -0.2) is 29.5 Å². The Morgan fingerprint density at radius 1 is 1.28 bits per heavy atom. The first kappa shape index (κ1) is 18.0. The number of hydrogen-bond acceptors (Lipinski definition) is 7. The highest BCUT2D eigenvalue weighted by Crippen LogP contribution is 2.25. The number of nitro benzene ring substituents is 1. The first-order valence-electron chi connectivity index (χ1n) is 7.33. The van der Waals surface area contributed by atoms with Crippen molar-refractivity contribution in [3.63, 3.8) is 0 Å². The smallest absolute Gasteiger partial charge is 0.344 e. The topological polar surface area (TPSA) is 121 Å². The number of benzene rings is 1. The van der Waals surface area contributed by atoms with Crippen LogP contribution in [0.2, 0.25) is 0 Å². The lowest BCUT2D eigenvalue weighted by atomic mass is 10.3. The Balaban J connectivity index is 1.79. The fourth-order valence-electron chi connectivity index (χ4n) is 1.88. The average Bonchev–Trinajstić information content (AvgIpc) is 3.11. The summed E-state index contributed by atoms with van der Waals surface area (Å²) in [5, 5.41) is 13.4. The van der Waals surface area contributed by atoms with Gasteiger partial charge in [0.2, 0.25) is 0 Å². The molecule has 0 aliphatic heterocycles. The fourth-order valence-corrected chi connectivity index (χ4v) is 1.88. The summed E-state index contributed by atoms with van der Waals surface area (Å²) in [4.78, 5) is 33.8. The molecule has 25 heavy (non-hydrogen) atoms. The second-order valence-electron chi connectivity index (χ2n) is 4.94. The molecule has 1 N–H and O–H groups in total. The molecule has 0 bridgehead atoms. The molecule has 9 nitrogen and oxygen atoms in total. The van der Waals surface area contributed by atoms with E-state index < -0.39 is 29.5 Å². The number of para-hydroxylation sites is 2. The number of ether oxygens (including phenoxy) is 2. The summed E-state index contributed by atoms with van der Waals surface area (Å²) < 4.78 is 15.1. The molecular weight excluding hydrogens is 332 g/mol. The van der Waals surface area contributed by atoms with Gasteiger partial charge in [-0.2, -0.15) is 0 Å². The van der Waals surface area contributed by atoms with Gasteiger partial charge in [-0.05, 0) is 25.1 Å². The third kappa shape index (κ3) is 5.34. The number of nitro groups is 1. The molecule has 0 fully saturated rings. The lowest BCUT2D eigenvalue weighted by molar-refractivity contribution is -0.385. The van der Waals surface area contributed by atoms with Gasteiger partial charge in [0.1, 0.15) is 5.76 Å². The van der Waals surface area contributed by atoms with Crippen molar-refractivity contribution >= 4 is 17.6 Å². The minimum absolute atomic E-state index is 0.0561. The van der Waals surface area contributed by atoms with Gasteiger partial charge in [-0.1, -0.05) is 12.1 Å². The molecule has 0 aliphatic carbocycles. The Hall–Kier alpha value is -3.36. The molecule has 0 unspecified atom stereocenters. The van der Waals surface area contributed by atoms with E-state index in [1.54, 1.807) is 18.2 Å². The van der Waals surface area contributed by atoms with Crippen LogP contribution in [0.15, 0.2) is 47.1 Å². The third-order valence-corrected chi connectivity index (χ3v) is 3.10. The zero-order chi connectivity index (χ0) is 18.2. The summed E-state index contributed by atoms with van der Waals surface area (Å²) in [5.74, 6) is -0.819. The molecule has 1 atom stereocenters. The van der Waals surface area contributed by atoms with Gasteiger partial charge < -0.3 is 19.2 Å². The second-order valence-corrected chi connectivity index (χ2v) is 4.94. The first-order valence-corrected chi connectivity index (χ1v) is 7.33. The Bertz CT molecular complexity index is 743. The number of rotatable bonds is 8. The highest BCUT2D eigenvalue weighted by Gasteiger charge is 2.20. The van der Waals surface area contributed by atoms with Gasteiger partial charge in [0.05, 0.1) is 17.7 Å². The van der Waals surface area contributed by atoms with Crippen molar-refractivity contribution in [3.05, 3.63) is 58.5 Å². The Labute approximate surface area is 142 Å². The van der Waals surface area contributed by atoms with Crippen LogP contribution in [0.4, 0.5) is 5.69 Å². The normalized spacial score (nSPS) is 11.4. The van der Waals surface area contributed by atoms with E-state index in [1.807, 2.05) is 0 Å². The van der Waals surface area contributed by atoms with Gasteiger partial charge in [0.15, 0.2) is 18.5 Å². The molecule has 1 heterocycles. The summed E-state index contributed by atoms with van der Waals surface area (Å²) >= 11 is 0. The molecule has 2 aromatic rings. The van der Waals surface area contributed by atoms with E-state index in [0.717, 1.165) is 0 Å². The largest absolute Gasteiger partial charge is 0.475 e. The van der Waals surface area contributed by atoms with Crippen LogP contribution in [0.5, 0.6) is 5.75 Å². The van der Waals surface area contributed by atoms with Crippen molar-refractivity contribution in [1.82, 2.24) is 5.32 Å². The zero-order valence-electron chi connectivity index (χ0n) is 13.3. The second kappa shape index (κ2) is 8.48. The van der Waals surface area contributed by atoms with Crippen molar-refractivity contribution in [2.75, 3.05) is 6.61 Å². The quantitative estimate of drug-likeness (QED) is 0.439. The number of furan rings is 1. The van der Waals surface area contributed by atoms with Crippen LogP contribution in [-0.2, 0) is 20.9 Å². The maximum Gasteiger partial charge on any atom is 0.344 e. The number of carbonyl (C=O) groups is 2. The van der Waals surface area contributed by atoms with Crippen LogP contribution in [0.1, 0.15) is 12.7 Å². The number of amides is 1. The van der Waals surface area contributed by atoms with Gasteiger partial charge in [-0.25, -0.2) is 4.79 Å². The van der Waals surface area contributed by atoms with Gasteiger partial charge in [-0.15, -0.1) is 0 Å². The van der Waals surface area contributed by atoms with Crippen molar-refractivity contribution in [1.29, 1.82) is 0 Å². The lowest BCUT2D eigenvalue weighted by Crippen LogP contribution is -2.36. The fraction of sp³-hybridized carbons (Fsp3) is 0.250. The van der Waals surface area contributed by atoms with Crippen LogP contribution < -0.4 is 10.1 Å². The minimum Gasteiger partial charge on any atom is -0.475 e. The molecule has 9 heteroatoms. The van der Waals surface area contributed by atoms with E-state index in [1.165, 1.54) is 31.4 Å². The third-order valence-electron chi connectivity index (χ3n) is 3.10. The Morgan fingerprint density at radius 3 is 2.72 bits per heavy atom. The van der Waals surface area contributed by atoms with E-state index in [-0.39, 0.29) is 18.0 Å². The molecule has 2 rings (SSSR count). The van der Waals surface area contributed by atoms with E-state index in [4.69, 9.17) is 13.9 Å². The molecule has 0 radical (unpaired) electrons. The molecule has 1 amide bonds. The van der Waals surface area contributed by atoms with Crippen LogP contribution in [0.25, 0.3) is 0 Å². The number of nitrogens with zero attached hydrogens (tertiary/aromatic N) is 1. The van der Waals surface area contributed by atoms with E-state index in [2.05, 4.69) is 5.32 Å². The average molecular weight is 348 g/mol. The van der Waals surface area contributed by atoms with Crippen molar-refractivity contribution in [2.24, 2.45) is 0 Å². The first-order chi connectivity index (χ1) is 12.0. The van der Waals surface area contributed by atoms with Gasteiger partial charge in [0.25, 0.3) is 5.91 Å². The number of carbonyl (C=O) groups excluding carboxylic acids is 2. The molecular formula is C16H16N2O7. The minimum atomic E-state index is -1.04. The highest BCUT2D eigenvalue weighted by atomic mass is 16.6. The molecule has 0 aliphatic rings. The van der Waals surface area contributed by atoms with Gasteiger partial charge in [-0.3, -0.25) is 14.9 Å². The number of hydrogen-bond donors (Lipinski definition) is 1. The maximum absolute atomic E-state index is 11.8. The summed E-state index contributed by atoms with van der Waals surface area (Å²) in [6, 6.07) is 9.02. The van der Waals surface area contributed by atoms with Crippen LogP contribution in [0.3, 0.4) is 0 Å². The summed E-state index contributed by atoms with van der Waals surface area (Å²) in [7, 11) is 0. The zero-order valence-corrected chi connectivity index (χ0v) is 13.3. The predicted molar refractivity (Wildman–Crippen MR) is 84.7 cm³/mol. The maximum atomic E-state index is 11.8. The van der Waals surface area contributed by atoms with Crippen LogP contribution >= 0.6 is 0 Å². The van der Waals surface area contributed by atoms with E-state index in [9.17, 15) is 19.7 Å². The number of nitrogens with one attached hydrogen (secondary N) is 1. The van der Waals surface area contributed by atoms with E-state index >= 15 is 0 Å². The summed E-state index contributed by atoms with van der Waals surface area (Å²) in [6.45, 7) is 1.02. The predicted octanol–water partition coefficient (Wildman–Crippen LogP) is 1.81. The van der Waals surface area contributed by atoms with Gasteiger partial charge in [0, 0.05) is 6.07 Å². The Morgan fingerprint density at radius 2 is 2.04 bits per heavy atom. The molecule has 0 spiro atoms. The summed E-state index contributed by atoms with van der Waals surface area (Å²) in [6.07, 6.45) is 0.433. The Kier molecular flexibility index (Phi) is 6.10. The molecule has 1 aromatic carbocycles. The van der Waals surface area contributed by atoms with Crippen molar-refractivity contribution < 1.29 is 28.4 Å². The van der Waals surface area contributed by atoms with Gasteiger partial charge >= 0.3 is 11.7 Å². The van der Waals surface area contributed by atoms with Crippen LogP contribution in [0, 0.1) is 10.1 Å². The summed E-state index contributed by atoms with van der Waals surface area (Å²) in [5.41, 5.74) is -0.264. The molecule has 132 valence electrons. The molecule has 0 saturated heterocycles.